The summed E-state index contributed by atoms with van der Waals surface area (Å²) in [6.07, 6.45) is 58.0. The minimum atomic E-state index is -0.762. The highest BCUT2D eigenvalue weighted by Crippen LogP contribution is 2.18. The van der Waals surface area contributed by atoms with E-state index in [2.05, 4.69) is 27.7 Å². The Morgan fingerprint density at radius 3 is 0.754 bits per heavy atom. The molecule has 0 aliphatic rings. The van der Waals surface area contributed by atoms with E-state index >= 15 is 0 Å². The van der Waals surface area contributed by atoms with Gasteiger partial charge in [0.2, 0.25) is 0 Å². The van der Waals surface area contributed by atoms with Crippen LogP contribution in [0.3, 0.4) is 0 Å². The molecule has 65 heavy (non-hydrogen) atoms. The molecule has 0 unspecified atom stereocenters. The quantitative estimate of drug-likeness (QED) is 0.0344. The molecular weight excluding hydrogens is 805 g/mol. The fraction of sp³-hybridized carbons (Fsp3) is 0.949. The van der Waals surface area contributed by atoms with Gasteiger partial charge < -0.3 is 14.2 Å². The Balaban J connectivity index is 4.29. The van der Waals surface area contributed by atoms with Crippen LogP contribution in [-0.4, -0.2) is 37.2 Å². The molecule has 0 amide bonds. The molecule has 0 heterocycles. The van der Waals surface area contributed by atoms with E-state index in [9.17, 15) is 14.4 Å². The number of esters is 3. The third-order valence-electron chi connectivity index (χ3n) is 13.5. The Hall–Kier alpha value is -1.59. The van der Waals surface area contributed by atoms with Gasteiger partial charge in [0.25, 0.3) is 0 Å². The summed E-state index contributed by atoms with van der Waals surface area (Å²) in [5.41, 5.74) is 0. The molecule has 0 saturated heterocycles. The number of unbranched alkanes of at least 4 members (excludes halogenated alkanes) is 41. The van der Waals surface area contributed by atoms with Crippen molar-refractivity contribution in [3.63, 3.8) is 0 Å². The summed E-state index contributed by atoms with van der Waals surface area (Å²) in [6, 6.07) is 0. The molecule has 0 radical (unpaired) electrons. The van der Waals surface area contributed by atoms with E-state index < -0.39 is 6.10 Å². The first-order chi connectivity index (χ1) is 31.9. The van der Waals surface area contributed by atoms with E-state index in [0.717, 1.165) is 63.7 Å². The van der Waals surface area contributed by atoms with Gasteiger partial charge in [-0.25, -0.2) is 0 Å². The minimum absolute atomic E-state index is 0.0616. The van der Waals surface area contributed by atoms with Crippen LogP contribution in [0.1, 0.15) is 336 Å². The number of carbonyl (C=O) groups excluding carboxylic acids is 3. The number of ether oxygens (including phenoxy) is 3. The van der Waals surface area contributed by atoms with Gasteiger partial charge in [0.05, 0.1) is 0 Å². The van der Waals surface area contributed by atoms with Crippen molar-refractivity contribution >= 4 is 17.9 Å². The standard InChI is InChI=1S/C59H114O6/c1-5-7-9-11-13-15-17-19-21-26-30-34-38-42-46-50-57(60)63-53-56(65-59(62)52-48-44-40-36-32-28-22-20-18-16-14-12-10-8-6-2)54-64-58(61)51-47-43-39-35-31-27-24-23-25-29-33-37-41-45-49-55(3)4/h55-56H,5-54H2,1-4H3/t56-/m0/s1. The predicted octanol–water partition coefficient (Wildman–Crippen LogP) is 19.4. The molecule has 0 fully saturated rings. The number of rotatable bonds is 54. The van der Waals surface area contributed by atoms with E-state index in [-0.39, 0.29) is 31.1 Å². The molecular formula is C59H114O6. The number of hydrogen-bond donors (Lipinski definition) is 0. The van der Waals surface area contributed by atoms with E-state index in [4.69, 9.17) is 14.2 Å². The van der Waals surface area contributed by atoms with Crippen molar-refractivity contribution in [2.24, 2.45) is 5.92 Å². The fourth-order valence-corrected chi connectivity index (χ4v) is 9.10. The van der Waals surface area contributed by atoms with Gasteiger partial charge in [-0.05, 0) is 25.2 Å². The van der Waals surface area contributed by atoms with Gasteiger partial charge in [-0.1, -0.05) is 297 Å². The summed E-state index contributed by atoms with van der Waals surface area (Å²) in [7, 11) is 0. The van der Waals surface area contributed by atoms with Crippen molar-refractivity contribution < 1.29 is 28.6 Å². The maximum Gasteiger partial charge on any atom is 0.306 e. The maximum atomic E-state index is 12.8. The summed E-state index contributed by atoms with van der Waals surface area (Å²) in [5, 5.41) is 0. The molecule has 0 aromatic carbocycles. The average Bonchev–Trinajstić information content (AvgIpc) is 3.29. The van der Waals surface area contributed by atoms with Gasteiger partial charge >= 0.3 is 17.9 Å². The van der Waals surface area contributed by atoms with Crippen molar-refractivity contribution in [3.8, 4) is 0 Å². The topological polar surface area (TPSA) is 78.9 Å². The van der Waals surface area contributed by atoms with Gasteiger partial charge in [-0.2, -0.15) is 0 Å². The van der Waals surface area contributed by atoms with Crippen molar-refractivity contribution in [2.75, 3.05) is 13.2 Å². The molecule has 6 nitrogen and oxygen atoms in total. The van der Waals surface area contributed by atoms with E-state index in [1.807, 2.05) is 0 Å². The zero-order chi connectivity index (χ0) is 47.4. The average molecular weight is 920 g/mol. The second-order valence-electron chi connectivity index (χ2n) is 20.8. The molecule has 0 aliphatic carbocycles. The third kappa shape index (κ3) is 53.2. The van der Waals surface area contributed by atoms with Gasteiger partial charge in [0.15, 0.2) is 6.10 Å². The molecule has 0 N–H and O–H groups in total. The van der Waals surface area contributed by atoms with E-state index in [0.29, 0.717) is 19.3 Å². The Bertz CT molecular complexity index is 980. The molecule has 0 spiro atoms. The summed E-state index contributed by atoms with van der Waals surface area (Å²) in [6.45, 7) is 9.07. The van der Waals surface area contributed by atoms with Crippen LogP contribution in [0, 0.1) is 5.92 Å². The molecule has 0 aromatic rings. The van der Waals surface area contributed by atoms with Gasteiger partial charge in [0, 0.05) is 19.3 Å². The minimum Gasteiger partial charge on any atom is -0.462 e. The molecule has 0 aliphatic heterocycles. The van der Waals surface area contributed by atoms with Crippen LogP contribution in [0.2, 0.25) is 0 Å². The monoisotopic (exact) mass is 919 g/mol. The molecule has 0 saturated carbocycles. The lowest BCUT2D eigenvalue weighted by atomic mass is 10.0. The Kier molecular flexibility index (Phi) is 52.1. The first-order valence-electron chi connectivity index (χ1n) is 29.4. The molecule has 0 rings (SSSR count). The largest absolute Gasteiger partial charge is 0.462 e. The smallest absolute Gasteiger partial charge is 0.306 e. The number of carbonyl (C=O) groups is 3. The van der Waals surface area contributed by atoms with Gasteiger partial charge in [-0.3, -0.25) is 14.4 Å². The van der Waals surface area contributed by atoms with Crippen molar-refractivity contribution in [1.82, 2.24) is 0 Å². The first kappa shape index (κ1) is 63.4. The van der Waals surface area contributed by atoms with Crippen LogP contribution >= 0.6 is 0 Å². The first-order valence-corrected chi connectivity index (χ1v) is 29.4. The summed E-state index contributed by atoms with van der Waals surface area (Å²) in [4.78, 5) is 38.2. The lowest BCUT2D eigenvalue weighted by molar-refractivity contribution is -0.167. The van der Waals surface area contributed by atoms with Crippen LogP contribution in [0.15, 0.2) is 0 Å². The highest BCUT2D eigenvalue weighted by atomic mass is 16.6. The second-order valence-corrected chi connectivity index (χ2v) is 20.8. The number of hydrogen-bond acceptors (Lipinski definition) is 6. The van der Waals surface area contributed by atoms with Crippen molar-refractivity contribution in [2.45, 2.75) is 342 Å². The van der Waals surface area contributed by atoms with Crippen LogP contribution in [-0.2, 0) is 28.6 Å². The molecule has 6 heteroatoms. The zero-order valence-electron chi connectivity index (χ0n) is 44.5. The van der Waals surface area contributed by atoms with Crippen LogP contribution in [0.25, 0.3) is 0 Å². The second kappa shape index (κ2) is 53.4. The normalized spacial score (nSPS) is 12.0. The maximum absolute atomic E-state index is 12.8. The van der Waals surface area contributed by atoms with E-state index in [1.165, 1.54) is 231 Å². The summed E-state index contributed by atoms with van der Waals surface area (Å²) < 4.78 is 16.9. The van der Waals surface area contributed by atoms with Gasteiger partial charge in [-0.15, -0.1) is 0 Å². The third-order valence-corrected chi connectivity index (χ3v) is 13.5. The van der Waals surface area contributed by atoms with Crippen LogP contribution in [0.5, 0.6) is 0 Å². The Morgan fingerprint density at radius 1 is 0.292 bits per heavy atom. The molecule has 386 valence electrons. The Morgan fingerprint density at radius 2 is 0.508 bits per heavy atom. The van der Waals surface area contributed by atoms with Gasteiger partial charge in [0.1, 0.15) is 13.2 Å². The lowest BCUT2D eigenvalue weighted by Crippen LogP contribution is -2.30. The summed E-state index contributed by atoms with van der Waals surface area (Å²) >= 11 is 0. The lowest BCUT2D eigenvalue weighted by Gasteiger charge is -2.18. The highest BCUT2D eigenvalue weighted by molar-refractivity contribution is 5.71. The SMILES string of the molecule is CCCCCCCCCCCCCCCCCC(=O)OC[C@@H](COC(=O)CCCCCCCCCCCCCCCCC(C)C)OC(=O)CCCCCCCCCCCCCCCCC. The van der Waals surface area contributed by atoms with Crippen LogP contribution < -0.4 is 0 Å². The Labute approximate surface area is 406 Å². The highest BCUT2D eigenvalue weighted by Gasteiger charge is 2.19. The molecule has 0 bridgehead atoms. The van der Waals surface area contributed by atoms with Crippen molar-refractivity contribution in [1.29, 1.82) is 0 Å². The van der Waals surface area contributed by atoms with Crippen LogP contribution in [0.4, 0.5) is 0 Å². The predicted molar refractivity (Wildman–Crippen MR) is 280 cm³/mol. The zero-order valence-corrected chi connectivity index (χ0v) is 44.5. The summed E-state index contributed by atoms with van der Waals surface area (Å²) in [5.74, 6) is 0.0116. The molecule has 0 aromatic heterocycles. The fourth-order valence-electron chi connectivity index (χ4n) is 9.10. The van der Waals surface area contributed by atoms with E-state index in [1.54, 1.807) is 0 Å². The molecule has 1 atom stereocenters. The van der Waals surface area contributed by atoms with Crippen molar-refractivity contribution in [3.05, 3.63) is 0 Å².